The molecule has 0 saturated carbocycles. The molecule has 0 aromatic rings. The number of nitrogens with one attached hydrogen (secondary N) is 1. The molecule has 0 aromatic heterocycles. The first-order chi connectivity index (χ1) is 10.0. The van der Waals surface area contributed by atoms with Crippen LogP contribution in [0.15, 0.2) is 0 Å². The third kappa shape index (κ3) is 5.12. The van der Waals surface area contributed by atoms with Gasteiger partial charge >= 0.3 is 0 Å². The van der Waals surface area contributed by atoms with Gasteiger partial charge in [0.05, 0.1) is 0 Å². The molecule has 21 heavy (non-hydrogen) atoms. The van der Waals surface area contributed by atoms with Crippen LogP contribution in [0.25, 0.3) is 0 Å². The van der Waals surface area contributed by atoms with Gasteiger partial charge in [-0.25, -0.2) is 0 Å². The summed E-state index contributed by atoms with van der Waals surface area (Å²) in [7, 11) is 0. The van der Waals surface area contributed by atoms with Gasteiger partial charge in [-0.15, -0.1) is 0 Å². The molecule has 2 unspecified atom stereocenters. The Kier molecular flexibility index (Phi) is 7.36. The van der Waals surface area contributed by atoms with E-state index in [4.69, 9.17) is 5.73 Å². The van der Waals surface area contributed by atoms with Crippen molar-refractivity contribution in [3.63, 3.8) is 0 Å². The van der Waals surface area contributed by atoms with E-state index in [9.17, 15) is 14.4 Å². The molecule has 0 radical (unpaired) electrons. The second kappa shape index (κ2) is 8.77. The van der Waals surface area contributed by atoms with Crippen molar-refractivity contribution < 1.29 is 14.4 Å². The Balaban J connectivity index is 2.59. The van der Waals surface area contributed by atoms with Crippen molar-refractivity contribution in [1.29, 1.82) is 0 Å². The zero-order valence-corrected chi connectivity index (χ0v) is 13.1. The summed E-state index contributed by atoms with van der Waals surface area (Å²) < 4.78 is 0. The molecule has 0 bridgehead atoms. The minimum Gasteiger partial charge on any atom is -0.330 e. The van der Waals surface area contributed by atoms with Crippen LogP contribution in [0.2, 0.25) is 0 Å². The molecule has 1 aliphatic rings. The minimum atomic E-state index is -0.519. The molecule has 3 N–H and O–H groups in total. The summed E-state index contributed by atoms with van der Waals surface area (Å²) in [6.07, 6.45) is 4.71. The summed E-state index contributed by atoms with van der Waals surface area (Å²) in [5.41, 5.74) is 5.60. The van der Waals surface area contributed by atoms with E-state index in [2.05, 4.69) is 12.2 Å². The zero-order valence-electron chi connectivity index (χ0n) is 13.1. The molecule has 1 fully saturated rings. The molecule has 1 aliphatic heterocycles. The largest absolute Gasteiger partial charge is 0.330 e. The average molecular weight is 297 g/mol. The van der Waals surface area contributed by atoms with Gasteiger partial charge in [0.25, 0.3) is 0 Å². The van der Waals surface area contributed by atoms with Gasteiger partial charge < -0.3 is 10.6 Å². The zero-order chi connectivity index (χ0) is 15.8. The van der Waals surface area contributed by atoms with Gasteiger partial charge in [-0.2, -0.15) is 0 Å². The van der Waals surface area contributed by atoms with E-state index in [0.29, 0.717) is 25.3 Å². The van der Waals surface area contributed by atoms with Crippen LogP contribution in [-0.4, -0.2) is 41.8 Å². The van der Waals surface area contributed by atoms with Crippen LogP contribution in [-0.2, 0) is 14.4 Å². The van der Waals surface area contributed by atoms with Crippen molar-refractivity contribution >= 4 is 17.7 Å². The molecular weight excluding hydrogens is 270 g/mol. The van der Waals surface area contributed by atoms with Crippen LogP contribution in [0.1, 0.15) is 52.4 Å². The fourth-order valence-electron chi connectivity index (χ4n) is 2.88. The first kappa shape index (κ1) is 17.6. The first-order valence-corrected chi connectivity index (χ1v) is 7.86. The molecule has 1 saturated heterocycles. The lowest BCUT2D eigenvalue weighted by Crippen LogP contribution is -2.59. The summed E-state index contributed by atoms with van der Waals surface area (Å²) in [5.74, 6) is -0.430. The predicted octanol–water partition coefficient (Wildman–Crippen LogP) is 0.795. The third-order valence-corrected chi connectivity index (χ3v) is 4.00. The monoisotopic (exact) mass is 297 g/mol. The standard InChI is InChI=1S/C15H27N3O3/c1-3-5-11(8-9-16)6-7-14(20)18-10-13(19)17-15(21)12(18)4-2/h11-12H,3-10,16H2,1-2H3,(H,17,19,21). The van der Waals surface area contributed by atoms with Crippen LogP contribution in [0.4, 0.5) is 0 Å². The van der Waals surface area contributed by atoms with Gasteiger partial charge in [0.2, 0.25) is 17.7 Å². The molecule has 6 heteroatoms. The summed E-state index contributed by atoms with van der Waals surface area (Å²) in [6, 6.07) is -0.519. The normalized spacial score (nSPS) is 20.3. The van der Waals surface area contributed by atoms with Gasteiger partial charge in [0, 0.05) is 6.42 Å². The third-order valence-electron chi connectivity index (χ3n) is 4.00. The highest BCUT2D eigenvalue weighted by molar-refractivity contribution is 6.04. The number of nitrogens with two attached hydrogens (primary N) is 1. The molecule has 120 valence electrons. The maximum Gasteiger partial charge on any atom is 0.249 e. The summed E-state index contributed by atoms with van der Waals surface area (Å²) >= 11 is 0. The average Bonchev–Trinajstić information content (AvgIpc) is 2.44. The SMILES string of the molecule is CCCC(CCN)CCC(=O)N1CC(=O)NC(=O)C1CC. The molecule has 2 atom stereocenters. The molecule has 3 amide bonds. The molecule has 6 nitrogen and oxygen atoms in total. The summed E-state index contributed by atoms with van der Waals surface area (Å²) in [4.78, 5) is 37.0. The van der Waals surface area contributed by atoms with Gasteiger partial charge in [0.1, 0.15) is 12.6 Å². The van der Waals surface area contributed by atoms with Crippen molar-refractivity contribution in [3.05, 3.63) is 0 Å². The van der Waals surface area contributed by atoms with Gasteiger partial charge in [-0.1, -0.05) is 26.7 Å². The number of nitrogens with zero attached hydrogens (tertiary/aromatic N) is 1. The van der Waals surface area contributed by atoms with E-state index in [1.807, 2.05) is 6.92 Å². The van der Waals surface area contributed by atoms with Crippen LogP contribution in [0, 0.1) is 5.92 Å². The minimum absolute atomic E-state index is 0.0155. The van der Waals surface area contributed by atoms with Crippen LogP contribution in [0.5, 0.6) is 0 Å². The Morgan fingerprint density at radius 2 is 2.05 bits per heavy atom. The lowest BCUT2D eigenvalue weighted by atomic mass is 9.94. The number of amides is 3. The number of rotatable bonds is 8. The van der Waals surface area contributed by atoms with Gasteiger partial charge in [-0.3, -0.25) is 19.7 Å². The van der Waals surface area contributed by atoms with Gasteiger partial charge in [0.15, 0.2) is 0 Å². The van der Waals surface area contributed by atoms with Gasteiger partial charge in [-0.05, 0) is 31.7 Å². The number of carbonyl (C=O) groups excluding carboxylic acids is 3. The van der Waals surface area contributed by atoms with E-state index in [-0.39, 0.29) is 18.4 Å². The van der Waals surface area contributed by atoms with Crippen molar-refractivity contribution in [2.75, 3.05) is 13.1 Å². The lowest BCUT2D eigenvalue weighted by Gasteiger charge is -2.33. The molecule has 1 heterocycles. The number of piperazine rings is 1. The Morgan fingerprint density at radius 1 is 1.33 bits per heavy atom. The first-order valence-electron chi connectivity index (χ1n) is 7.86. The smallest absolute Gasteiger partial charge is 0.249 e. The van der Waals surface area contributed by atoms with E-state index >= 15 is 0 Å². The maximum absolute atomic E-state index is 12.3. The fourth-order valence-corrected chi connectivity index (χ4v) is 2.88. The van der Waals surface area contributed by atoms with E-state index < -0.39 is 11.9 Å². The highest BCUT2D eigenvalue weighted by atomic mass is 16.2. The number of imide groups is 1. The van der Waals surface area contributed by atoms with Crippen LogP contribution in [0.3, 0.4) is 0 Å². The topological polar surface area (TPSA) is 92.5 Å². The highest BCUT2D eigenvalue weighted by Gasteiger charge is 2.35. The molecule has 1 rings (SSSR count). The number of hydrogen-bond donors (Lipinski definition) is 2. The van der Waals surface area contributed by atoms with E-state index in [0.717, 1.165) is 25.7 Å². The Bertz CT molecular complexity index is 378. The summed E-state index contributed by atoms with van der Waals surface area (Å²) in [6.45, 7) is 4.57. The second-order valence-corrected chi connectivity index (χ2v) is 5.63. The molecular formula is C15H27N3O3. The quantitative estimate of drug-likeness (QED) is 0.648. The second-order valence-electron chi connectivity index (χ2n) is 5.63. The van der Waals surface area contributed by atoms with Crippen LogP contribution < -0.4 is 11.1 Å². The molecule has 0 aliphatic carbocycles. The van der Waals surface area contributed by atoms with Crippen molar-refractivity contribution in [3.8, 4) is 0 Å². The van der Waals surface area contributed by atoms with Crippen molar-refractivity contribution in [1.82, 2.24) is 10.2 Å². The van der Waals surface area contributed by atoms with Crippen LogP contribution >= 0.6 is 0 Å². The lowest BCUT2D eigenvalue weighted by molar-refractivity contribution is -0.150. The fraction of sp³-hybridized carbons (Fsp3) is 0.800. The Hall–Kier alpha value is -1.43. The number of hydrogen-bond acceptors (Lipinski definition) is 4. The summed E-state index contributed by atoms with van der Waals surface area (Å²) in [5, 5.41) is 2.28. The van der Waals surface area contributed by atoms with E-state index in [1.165, 1.54) is 4.90 Å². The Labute approximate surface area is 126 Å². The predicted molar refractivity (Wildman–Crippen MR) is 80.2 cm³/mol. The molecule has 0 spiro atoms. The molecule has 0 aromatic carbocycles. The maximum atomic E-state index is 12.3. The van der Waals surface area contributed by atoms with Crippen molar-refractivity contribution in [2.45, 2.75) is 58.4 Å². The van der Waals surface area contributed by atoms with Crippen molar-refractivity contribution in [2.24, 2.45) is 11.7 Å². The van der Waals surface area contributed by atoms with E-state index in [1.54, 1.807) is 0 Å². The Morgan fingerprint density at radius 3 is 2.62 bits per heavy atom. The number of carbonyl (C=O) groups is 3. The highest BCUT2D eigenvalue weighted by Crippen LogP contribution is 2.19.